The number of hydrogen-bond donors (Lipinski definition) is 2. The number of nitrogens with zero attached hydrogens (tertiary/aromatic N) is 2. The van der Waals surface area contributed by atoms with Crippen LogP contribution >= 0.6 is 11.3 Å². The monoisotopic (exact) mass is 408 g/mol. The summed E-state index contributed by atoms with van der Waals surface area (Å²) in [5.74, 6) is 0.0359. The number of hydrogen-bond acceptors (Lipinski definition) is 6. The van der Waals surface area contributed by atoms with Crippen molar-refractivity contribution in [3.05, 3.63) is 46.2 Å². The van der Waals surface area contributed by atoms with Crippen LogP contribution in [0, 0.1) is 6.92 Å². The van der Waals surface area contributed by atoms with Gasteiger partial charge in [-0.25, -0.2) is 13.6 Å². The van der Waals surface area contributed by atoms with Gasteiger partial charge in [0.05, 0.1) is 18.0 Å². The summed E-state index contributed by atoms with van der Waals surface area (Å²) in [6, 6.07) is 8.64. The van der Waals surface area contributed by atoms with Crippen LogP contribution in [0.25, 0.3) is 0 Å². The van der Waals surface area contributed by atoms with E-state index < -0.39 is 10.0 Å². The second-order valence-corrected chi connectivity index (χ2v) is 9.17. The molecule has 3 rings (SSSR count). The average Bonchev–Trinajstić information content (AvgIpc) is 3.05. The average molecular weight is 409 g/mol. The largest absolute Gasteiger partial charge is 0.369 e. The minimum atomic E-state index is -3.67. The van der Waals surface area contributed by atoms with Crippen molar-refractivity contribution in [2.24, 2.45) is 5.14 Å². The summed E-state index contributed by atoms with van der Waals surface area (Å²) in [6.45, 7) is 6.15. The van der Waals surface area contributed by atoms with Crippen LogP contribution in [0.3, 0.4) is 0 Å². The molecule has 0 atom stereocenters. The van der Waals surface area contributed by atoms with Gasteiger partial charge in [-0.2, -0.15) is 0 Å². The summed E-state index contributed by atoms with van der Waals surface area (Å²) in [6.07, 6.45) is 0. The number of nitrogens with two attached hydrogens (primary N) is 1. The summed E-state index contributed by atoms with van der Waals surface area (Å²) in [5.41, 5.74) is 2.17. The highest BCUT2D eigenvalue weighted by atomic mass is 32.2. The maximum Gasteiger partial charge on any atom is 0.238 e. The number of piperazine rings is 1. The molecule has 1 aliphatic heterocycles. The first-order chi connectivity index (χ1) is 12.8. The van der Waals surface area contributed by atoms with Gasteiger partial charge in [0.1, 0.15) is 0 Å². The molecular formula is C18H24N4O3S2. The lowest BCUT2D eigenvalue weighted by atomic mass is 10.2. The molecule has 1 aliphatic rings. The fraction of sp³-hybridized carbons (Fsp3) is 0.389. The normalized spacial score (nSPS) is 15.7. The summed E-state index contributed by atoms with van der Waals surface area (Å²) in [5, 5.41) is 10.1. The van der Waals surface area contributed by atoms with Crippen LogP contribution in [0.15, 0.2) is 40.6 Å². The summed E-state index contributed by atoms with van der Waals surface area (Å²) in [7, 11) is -3.67. The predicted molar refractivity (Wildman–Crippen MR) is 107 cm³/mol. The van der Waals surface area contributed by atoms with Gasteiger partial charge in [0, 0.05) is 36.7 Å². The Labute approximate surface area is 163 Å². The fourth-order valence-corrected chi connectivity index (χ4v) is 4.40. The fourth-order valence-electron chi connectivity index (χ4n) is 3.03. The third-order valence-corrected chi connectivity index (χ3v) is 6.64. The van der Waals surface area contributed by atoms with Crippen molar-refractivity contribution >= 4 is 33.0 Å². The summed E-state index contributed by atoms with van der Waals surface area (Å²) < 4.78 is 22.7. The first kappa shape index (κ1) is 19.8. The lowest BCUT2D eigenvalue weighted by molar-refractivity contribution is -0.122. The van der Waals surface area contributed by atoms with Crippen LogP contribution in [0.2, 0.25) is 0 Å². The number of carbonyl (C=O) groups excluding carboxylic acids is 1. The zero-order valence-corrected chi connectivity index (χ0v) is 16.9. The van der Waals surface area contributed by atoms with Crippen molar-refractivity contribution in [3.63, 3.8) is 0 Å². The Bertz CT molecular complexity index is 886. The first-order valence-corrected chi connectivity index (χ1v) is 11.2. The number of aryl methyl sites for hydroxylation is 1. The standard InChI is InChI=1S/C18H24N4O3S2/c1-14-6-11-26-17(14)12-20-18(23)13-21-7-9-22(10-8-21)15-2-4-16(5-3-15)27(19,24)25/h2-6,11H,7-10,12-13H2,1H3,(H,20,23)(H2,19,24,25). The number of amides is 1. The Morgan fingerprint density at radius 2 is 1.81 bits per heavy atom. The van der Waals surface area contributed by atoms with Gasteiger partial charge in [-0.1, -0.05) is 0 Å². The molecule has 0 radical (unpaired) electrons. The molecule has 1 aromatic carbocycles. The molecule has 27 heavy (non-hydrogen) atoms. The van der Waals surface area contributed by atoms with E-state index in [9.17, 15) is 13.2 Å². The Kier molecular flexibility index (Phi) is 6.15. The molecule has 3 N–H and O–H groups in total. The van der Waals surface area contributed by atoms with E-state index in [1.807, 2.05) is 12.3 Å². The van der Waals surface area contributed by atoms with E-state index in [-0.39, 0.29) is 10.8 Å². The van der Waals surface area contributed by atoms with Gasteiger partial charge in [0.25, 0.3) is 0 Å². The van der Waals surface area contributed by atoms with Crippen LogP contribution < -0.4 is 15.4 Å². The highest BCUT2D eigenvalue weighted by Crippen LogP contribution is 2.19. The minimum Gasteiger partial charge on any atom is -0.369 e. The molecule has 2 heterocycles. The van der Waals surface area contributed by atoms with Crippen molar-refractivity contribution in [1.29, 1.82) is 0 Å². The smallest absolute Gasteiger partial charge is 0.238 e. The van der Waals surface area contributed by atoms with Crippen molar-refractivity contribution in [2.45, 2.75) is 18.4 Å². The molecule has 146 valence electrons. The second kappa shape index (κ2) is 8.39. The van der Waals surface area contributed by atoms with Gasteiger partial charge in [-0.3, -0.25) is 9.69 Å². The number of benzene rings is 1. The first-order valence-electron chi connectivity index (χ1n) is 8.73. The van der Waals surface area contributed by atoms with Crippen LogP contribution in [0.1, 0.15) is 10.4 Å². The molecule has 0 unspecified atom stereocenters. The number of anilines is 1. The number of primary sulfonamides is 1. The molecule has 1 fully saturated rings. The highest BCUT2D eigenvalue weighted by molar-refractivity contribution is 7.89. The predicted octanol–water partition coefficient (Wildman–Crippen LogP) is 1.14. The van der Waals surface area contributed by atoms with Crippen LogP contribution in [0.4, 0.5) is 5.69 Å². The maximum atomic E-state index is 12.2. The van der Waals surface area contributed by atoms with Crippen molar-refractivity contribution in [2.75, 3.05) is 37.6 Å². The quantitative estimate of drug-likeness (QED) is 0.747. The van der Waals surface area contributed by atoms with Crippen molar-refractivity contribution in [3.8, 4) is 0 Å². The Morgan fingerprint density at radius 3 is 2.37 bits per heavy atom. The number of thiophene rings is 1. The van der Waals surface area contributed by atoms with Crippen molar-refractivity contribution < 1.29 is 13.2 Å². The minimum absolute atomic E-state index is 0.0359. The maximum absolute atomic E-state index is 12.2. The van der Waals surface area contributed by atoms with E-state index in [0.29, 0.717) is 13.1 Å². The van der Waals surface area contributed by atoms with Gasteiger partial charge in [0.15, 0.2) is 0 Å². The molecule has 1 amide bonds. The molecule has 0 saturated carbocycles. The van der Waals surface area contributed by atoms with E-state index in [4.69, 9.17) is 5.14 Å². The van der Waals surface area contributed by atoms with E-state index in [2.05, 4.69) is 21.2 Å². The van der Waals surface area contributed by atoms with Crippen LogP contribution in [0.5, 0.6) is 0 Å². The van der Waals surface area contributed by atoms with E-state index in [1.54, 1.807) is 23.5 Å². The molecule has 7 nitrogen and oxygen atoms in total. The summed E-state index contributed by atoms with van der Waals surface area (Å²) in [4.78, 5) is 17.8. The zero-order chi connectivity index (χ0) is 19.4. The molecule has 9 heteroatoms. The van der Waals surface area contributed by atoms with Crippen LogP contribution in [-0.4, -0.2) is 51.9 Å². The lowest BCUT2D eigenvalue weighted by Crippen LogP contribution is -2.49. The Morgan fingerprint density at radius 1 is 1.15 bits per heavy atom. The van der Waals surface area contributed by atoms with Crippen molar-refractivity contribution in [1.82, 2.24) is 10.2 Å². The second-order valence-electron chi connectivity index (χ2n) is 6.61. The Balaban J connectivity index is 1.46. The number of sulfonamides is 1. The molecule has 2 aromatic rings. The van der Waals surface area contributed by atoms with Gasteiger partial charge < -0.3 is 10.2 Å². The topological polar surface area (TPSA) is 95.7 Å². The molecule has 0 aliphatic carbocycles. The zero-order valence-electron chi connectivity index (χ0n) is 15.2. The number of nitrogens with one attached hydrogen (secondary N) is 1. The SMILES string of the molecule is Cc1ccsc1CNC(=O)CN1CCN(c2ccc(S(N)(=O)=O)cc2)CC1. The van der Waals surface area contributed by atoms with Gasteiger partial charge in [-0.05, 0) is 48.2 Å². The van der Waals surface area contributed by atoms with E-state index in [1.165, 1.54) is 22.6 Å². The molecular weight excluding hydrogens is 384 g/mol. The third-order valence-electron chi connectivity index (χ3n) is 4.68. The van der Waals surface area contributed by atoms with Gasteiger partial charge in [0.2, 0.25) is 15.9 Å². The lowest BCUT2D eigenvalue weighted by Gasteiger charge is -2.35. The highest BCUT2D eigenvalue weighted by Gasteiger charge is 2.19. The number of carbonyl (C=O) groups is 1. The third kappa shape index (κ3) is 5.29. The molecule has 0 bridgehead atoms. The van der Waals surface area contributed by atoms with Gasteiger partial charge >= 0.3 is 0 Å². The Hall–Kier alpha value is -1.94. The van der Waals surface area contributed by atoms with Crippen LogP contribution in [-0.2, 0) is 21.4 Å². The number of rotatable bonds is 6. The van der Waals surface area contributed by atoms with Gasteiger partial charge in [-0.15, -0.1) is 11.3 Å². The molecule has 0 spiro atoms. The molecule has 1 aromatic heterocycles. The van der Waals surface area contributed by atoms with E-state index in [0.717, 1.165) is 31.9 Å². The molecule has 1 saturated heterocycles. The van der Waals surface area contributed by atoms with E-state index >= 15 is 0 Å². The summed E-state index contributed by atoms with van der Waals surface area (Å²) >= 11 is 1.66.